The summed E-state index contributed by atoms with van der Waals surface area (Å²) in [6.45, 7) is 0. The van der Waals surface area contributed by atoms with Crippen molar-refractivity contribution in [1.82, 2.24) is 0 Å². The molecule has 9 heavy (non-hydrogen) atoms. The SMILES string of the molecule is N#CCC(O)C1CC1.[H-].[K+]. The molecule has 0 aromatic rings. The summed E-state index contributed by atoms with van der Waals surface area (Å²) in [5.41, 5.74) is 0. The third-order valence-corrected chi connectivity index (χ3v) is 1.47. The number of hydrogen-bond acceptors (Lipinski definition) is 2. The molecule has 0 aliphatic heterocycles. The third kappa shape index (κ3) is 3.71. The van der Waals surface area contributed by atoms with Gasteiger partial charge in [-0.25, -0.2) is 0 Å². The summed E-state index contributed by atoms with van der Waals surface area (Å²) < 4.78 is 0. The molecule has 0 radical (unpaired) electrons. The summed E-state index contributed by atoms with van der Waals surface area (Å²) >= 11 is 0. The van der Waals surface area contributed by atoms with E-state index in [0.29, 0.717) is 12.3 Å². The van der Waals surface area contributed by atoms with Crippen molar-refractivity contribution in [3.8, 4) is 6.07 Å². The maximum Gasteiger partial charge on any atom is 1.00 e. The third-order valence-electron chi connectivity index (χ3n) is 1.47. The van der Waals surface area contributed by atoms with Gasteiger partial charge in [0.2, 0.25) is 0 Å². The van der Waals surface area contributed by atoms with E-state index < -0.39 is 0 Å². The predicted octanol–water partition coefficient (Wildman–Crippen LogP) is -2.21. The molecule has 1 aliphatic rings. The zero-order chi connectivity index (χ0) is 5.98. The minimum atomic E-state index is -0.333. The van der Waals surface area contributed by atoms with Gasteiger partial charge in [0.25, 0.3) is 0 Å². The molecule has 3 heteroatoms. The van der Waals surface area contributed by atoms with Crippen LogP contribution < -0.4 is 51.4 Å². The van der Waals surface area contributed by atoms with Gasteiger partial charge in [0.1, 0.15) is 0 Å². The number of rotatable bonds is 2. The molecule has 0 spiro atoms. The molecule has 0 bridgehead atoms. The molecule has 0 amide bonds. The van der Waals surface area contributed by atoms with E-state index in [0.717, 1.165) is 12.8 Å². The Kier molecular flexibility index (Phi) is 5.42. The van der Waals surface area contributed by atoms with Gasteiger partial charge in [-0.2, -0.15) is 5.26 Å². The molecule has 1 atom stereocenters. The van der Waals surface area contributed by atoms with Crippen LogP contribution in [0.25, 0.3) is 0 Å². The van der Waals surface area contributed by atoms with Gasteiger partial charge in [0.05, 0.1) is 18.6 Å². The zero-order valence-electron chi connectivity index (χ0n) is 6.67. The molecule has 1 fully saturated rings. The molecule has 1 unspecified atom stereocenters. The van der Waals surface area contributed by atoms with E-state index in [2.05, 4.69) is 0 Å². The van der Waals surface area contributed by atoms with Gasteiger partial charge in [-0.05, 0) is 18.8 Å². The maximum atomic E-state index is 8.97. The molecule has 1 saturated carbocycles. The molecule has 1 aliphatic carbocycles. The topological polar surface area (TPSA) is 44.0 Å². The van der Waals surface area contributed by atoms with E-state index >= 15 is 0 Å². The first-order valence-electron chi connectivity index (χ1n) is 2.89. The maximum absolute atomic E-state index is 8.97. The Balaban J connectivity index is 0. The second kappa shape index (κ2) is 4.83. The Labute approximate surface area is 99.2 Å². The summed E-state index contributed by atoms with van der Waals surface area (Å²) in [4.78, 5) is 0. The van der Waals surface area contributed by atoms with E-state index in [1.54, 1.807) is 0 Å². The van der Waals surface area contributed by atoms with Crippen molar-refractivity contribution >= 4 is 0 Å². The van der Waals surface area contributed by atoms with Gasteiger partial charge in [-0.15, -0.1) is 0 Å². The Bertz CT molecular complexity index is 121. The van der Waals surface area contributed by atoms with Crippen LogP contribution in [-0.2, 0) is 0 Å². The van der Waals surface area contributed by atoms with Crippen LogP contribution in [0.4, 0.5) is 0 Å². The summed E-state index contributed by atoms with van der Waals surface area (Å²) in [5, 5.41) is 17.1. The average Bonchev–Trinajstić information content (AvgIpc) is 2.45. The van der Waals surface area contributed by atoms with E-state index in [-0.39, 0.29) is 58.9 Å². The first-order valence-corrected chi connectivity index (χ1v) is 2.89. The van der Waals surface area contributed by atoms with E-state index in [4.69, 9.17) is 10.4 Å². The Morgan fingerprint density at radius 2 is 2.33 bits per heavy atom. The van der Waals surface area contributed by atoms with E-state index in [9.17, 15) is 0 Å². The fourth-order valence-electron chi connectivity index (χ4n) is 0.741. The van der Waals surface area contributed by atoms with Crippen molar-refractivity contribution in [2.45, 2.75) is 25.4 Å². The first kappa shape index (κ1) is 10.1. The molecule has 1 N–H and O–H groups in total. The summed E-state index contributed by atoms with van der Waals surface area (Å²) in [7, 11) is 0. The molecule has 0 aromatic heterocycles. The van der Waals surface area contributed by atoms with Crippen LogP contribution in [-0.4, -0.2) is 11.2 Å². The van der Waals surface area contributed by atoms with Gasteiger partial charge < -0.3 is 6.53 Å². The van der Waals surface area contributed by atoms with Crippen LogP contribution in [0.2, 0.25) is 0 Å². The average molecular weight is 151 g/mol. The number of nitrogens with zero attached hydrogens (tertiary/aromatic N) is 1. The Morgan fingerprint density at radius 3 is 2.67 bits per heavy atom. The van der Waals surface area contributed by atoms with Gasteiger partial charge >= 0.3 is 51.4 Å². The standard InChI is InChI=1S/C6H9NO.K.H/c7-4-3-6(8)5-1-2-5;;/h5-6,8H,1-3H2;;/q;+1;-1. The monoisotopic (exact) mass is 151 g/mol. The summed E-state index contributed by atoms with van der Waals surface area (Å²) in [5.74, 6) is 0.453. The molecule has 0 aromatic carbocycles. The van der Waals surface area contributed by atoms with Crippen LogP contribution in [0.1, 0.15) is 20.7 Å². The second-order valence-corrected chi connectivity index (χ2v) is 2.27. The number of hydrogen-bond donors (Lipinski definition) is 1. The fraction of sp³-hybridized carbons (Fsp3) is 0.833. The molecule has 0 heterocycles. The normalized spacial score (nSPS) is 19.6. The van der Waals surface area contributed by atoms with Gasteiger partial charge in [-0.3, -0.25) is 0 Å². The summed E-state index contributed by atoms with van der Waals surface area (Å²) in [6.07, 6.45) is 2.20. The van der Waals surface area contributed by atoms with Crippen molar-refractivity contribution in [2.24, 2.45) is 5.92 Å². The Hall–Kier alpha value is 1.09. The second-order valence-electron chi connectivity index (χ2n) is 2.27. The number of aliphatic hydroxyl groups excluding tert-OH is 1. The van der Waals surface area contributed by atoms with Crippen molar-refractivity contribution in [3.63, 3.8) is 0 Å². The zero-order valence-corrected chi connectivity index (χ0v) is 8.79. The smallest absolute Gasteiger partial charge is 1.00 e. The van der Waals surface area contributed by atoms with Gasteiger partial charge in [-0.1, -0.05) is 0 Å². The van der Waals surface area contributed by atoms with Crippen LogP contribution in [0, 0.1) is 17.2 Å². The van der Waals surface area contributed by atoms with E-state index in [1.807, 2.05) is 6.07 Å². The fourth-order valence-corrected chi connectivity index (χ4v) is 0.741. The van der Waals surface area contributed by atoms with Gasteiger partial charge in [0, 0.05) is 0 Å². The number of nitriles is 1. The largest absolute Gasteiger partial charge is 1.00 e. The van der Waals surface area contributed by atoms with E-state index in [1.165, 1.54) is 0 Å². The van der Waals surface area contributed by atoms with Crippen LogP contribution >= 0.6 is 0 Å². The van der Waals surface area contributed by atoms with Crippen LogP contribution in [0.3, 0.4) is 0 Å². The molecule has 1 rings (SSSR count). The molecular formula is C6H10KNO. The van der Waals surface area contributed by atoms with Crippen molar-refractivity contribution in [3.05, 3.63) is 0 Å². The molecular weight excluding hydrogens is 141 g/mol. The molecule has 0 saturated heterocycles. The van der Waals surface area contributed by atoms with Gasteiger partial charge in [0.15, 0.2) is 0 Å². The van der Waals surface area contributed by atoms with Crippen LogP contribution in [0.5, 0.6) is 0 Å². The summed E-state index contributed by atoms with van der Waals surface area (Å²) in [6, 6.07) is 1.94. The number of aliphatic hydroxyl groups is 1. The van der Waals surface area contributed by atoms with Crippen molar-refractivity contribution < 1.29 is 57.9 Å². The predicted molar refractivity (Wildman–Crippen MR) is 30.1 cm³/mol. The minimum absolute atomic E-state index is 0. The van der Waals surface area contributed by atoms with Crippen molar-refractivity contribution in [1.29, 1.82) is 5.26 Å². The quantitative estimate of drug-likeness (QED) is 0.455. The molecule has 2 nitrogen and oxygen atoms in total. The van der Waals surface area contributed by atoms with Crippen molar-refractivity contribution in [2.75, 3.05) is 0 Å². The Morgan fingerprint density at radius 1 is 1.78 bits per heavy atom. The van der Waals surface area contributed by atoms with Crippen LogP contribution in [0.15, 0.2) is 0 Å². The molecule has 46 valence electrons. The minimum Gasteiger partial charge on any atom is -1.00 e. The first-order chi connectivity index (χ1) is 3.84.